The van der Waals surface area contributed by atoms with Crippen molar-refractivity contribution < 1.29 is 30.7 Å². The highest BCUT2D eigenvalue weighted by atomic mass is 32.3. The van der Waals surface area contributed by atoms with E-state index < -0.39 is 42.2 Å². The first-order valence-electron chi connectivity index (χ1n) is 7.88. The summed E-state index contributed by atoms with van der Waals surface area (Å²) in [6, 6.07) is 6.49. The first-order chi connectivity index (χ1) is 13.4. The molecule has 0 bridgehead atoms. The molecule has 0 aromatic heterocycles. The molecule has 12 heteroatoms. The van der Waals surface area contributed by atoms with Crippen molar-refractivity contribution in [1.29, 1.82) is 5.26 Å². The van der Waals surface area contributed by atoms with Crippen molar-refractivity contribution in [3.63, 3.8) is 0 Å². The zero-order chi connectivity index (χ0) is 21.9. The molecule has 2 rings (SSSR count). The Bertz CT molecular complexity index is 1120. The third-order valence-corrected chi connectivity index (χ3v) is 8.29. The van der Waals surface area contributed by atoms with Gasteiger partial charge < -0.3 is 5.32 Å². The average Bonchev–Trinajstić information content (AvgIpc) is 2.59. The monoisotopic (exact) mass is 456 g/mol. The number of rotatable bonds is 6. The summed E-state index contributed by atoms with van der Waals surface area (Å²) in [5, 5.41) is 12.8. The number of thiocyanates is 1. The minimum absolute atomic E-state index is 0.109. The maximum absolute atomic E-state index is 12.1. The van der Waals surface area contributed by atoms with Crippen LogP contribution < -0.4 is 5.32 Å². The van der Waals surface area contributed by atoms with Gasteiger partial charge in [-0.2, -0.15) is 22.1 Å². The van der Waals surface area contributed by atoms with Crippen LogP contribution in [-0.2, 0) is 25.0 Å². The first-order valence-corrected chi connectivity index (χ1v) is 11.6. The van der Waals surface area contributed by atoms with Crippen molar-refractivity contribution in [3.8, 4) is 5.40 Å². The molecule has 0 radical (unpaired) electrons. The number of hydrogen-bond acceptors (Lipinski definition) is 7. The largest absolute Gasteiger partial charge is 0.330 e. The Labute approximate surface area is 172 Å². The van der Waals surface area contributed by atoms with Crippen LogP contribution in [0.15, 0.2) is 58.7 Å². The van der Waals surface area contributed by atoms with Crippen LogP contribution in [0, 0.1) is 10.7 Å². The molecule has 0 spiro atoms. The lowest BCUT2D eigenvalue weighted by molar-refractivity contribution is -0.118. The normalized spacial score (nSPS) is 16.6. The molecule has 9 nitrogen and oxygen atoms in total. The lowest BCUT2D eigenvalue weighted by Crippen LogP contribution is -2.49. The topological polar surface area (TPSA) is 162 Å². The van der Waals surface area contributed by atoms with Gasteiger partial charge in [-0.25, -0.2) is 0 Å². The van der Waals surface area contributed by atoms with E-state index in [9.17, 15) is 30.7 Å². The molecule has 0 unspecified atom stereocenters. The summed E-state index contributed by atoms with van der Waals surface area (Å²) in [6.45, 7) is 1.14. The Kier molecular flexibility index (Phi) is 6.71. The van der Waals surface area contributed by atoms with E-state index in [-0.39, 0.29) is 5.70 Å². The van der Waals surface area contributed by atoms with Gasteiger partial charge in [-0.3, -0.25) is 13.9 Å². The molecule has 29 heavy (non-hydrogen) atoms. The van der Waals surface area contributed by atoms with E-state index in [4.69, 9.17) is 5.26 Å². The van der Waals surface area contributed by atoms with Gasteiger partial charge in [0.25, 0.3) is 24.3 Å². The summed E-state index contributed by atoms with van der Waals surface area (Å²) < 4.78 is 64.7. The second-order valence-corrected chi connectivity index (χ2v) is 10.4. The molecule has 1 amide bonds. The van der Waals surface area contributed by atoms with Crippen molar-refractivity contribution in [2.75, 3.05) is 0 Å². The number of amides is 1. The third-order valence-electron chi connectivity index (χ3n) is 4.00. The van der Waals surface area contributed by atoms with Gasteiger partial charge in [-0.05, 0) is 41.1 Å². The van der Waals surface area contributed by atoms with Gasteiger partial charge in [0.1, 0.15) is 5.40 Å². The molecule has 154 valence electrons. The molecule has 0 atom stereocenters. The van der Waals surface area contributed by atoms with Crippen LogP contribution in [-0.4, -0.2) is 35.9 Å². The maximum Gasteiger partial charge on any atom is 0.292 e. The van der Waals surface area contributed by atoms with Gasteiger partial charge in [0.2, 0.25) is 5.91 Å². The predicted octanol–water partition coefficient (Wildman–Crippen LogP) is 2.09. The van der Waals surface area contributed by atoms with E-state index in [2.05, 4.69) is 5.32 Å². The predicted molar refractivity (Wildman–Crippen MR) is 107 cm³/mol. The Morgan fingerprint density at radius 2 is 1.72 bits per heavy atom. The summed E-state index contributed by atoms with van der Waals surface area (Å²) in [7, 11) is -10.7. The van der Waals surface area contributed by atoms with Gasteiger partial charge in [-0.1, -0.05) is 30.4 Å². The zero-order valence-electron chi connectivity index (χ0n) is 14.9. The standard InChI is InChI=1S/C17H16N2O7S3/c1-12(20)19-15-7-6-14(17(10-15,28(21,22)23)29(24,25)26)5-2-13-3-8-16(9-4-13)27-11-18/h2-9H,10H2,1H3,(H,19,20)(H,21,22,23)(H,24,25,26). The minimum atomic E-state index is -5.37. The van der Waals surface area contributed by atoms with Crippen LogP contribution in [0.3, 0.4) is 0 Å². The highest BCUT2D eigenvalue weighted by Gasteiger charge is 2.58. The molecular weight excluding hydrogens is 440 g/mol. The number of hydrogen-bond donors (Lipinski definition) is 3. The zero-order valence-corrected chi connectivity index (χ0v) is 17.4. The van der Waals surface area contributed by atoms with E-state index in [1.54, 1.807) is 24.3 Å². The van der Waals surface area contributed by atoms with E-state index in [0.29, 0.717) is 10.5 Å². The molecule has 1 aromatic carbocycles. The van der Waals surface area contributed by atoms with Gasteiger partial charge in [-0.15, -0.1) is 0 Å². The lowest BCUT2D eigenvalue weighted by Gasteiger charge is -2.32. The number of thioether (sulfide) groups is 1. The second kappa shape index (κ2) is 8.52. The van der Waals surface area contributed by atoms with Crippen LogP contribution in [0.1, 0.15) is 18.9 Å². The first kappa shape index (κ1) is 22.9. The van der Waals surface area contributed by atoms with Gasteiger partial charge >= 0.3 is 0 Å². The van der Waals surface area contributed by atoms with Crippen LogP contribution in [0.2, 0.25) is 0 Å². The van der Waals surface area contributed by atoms with Crippen molar-refractivity contribution >= 4 is 44.0 Å². The van der Waals surface area contributed by atoms with E-state index >= 15 is 0 Å². The molecule has 1 aliphatic rings. The summed E-state index contributed by atoms with van der Waals surface area (Å²) in [6.07, 6.45) is 3.98. The fraction of sp³-hybridized carbons (Fsp3) is 0.176. The smallest absolute Gasteiger partial charge is 0.292 e. The lowest BCUT2D eigenvalue weighted by atomic mass is 9.99. The number of benzene rings is 1. The number of carbonyl (C=O) groups is 1. The van der Waals surface area contributed by atoms with Crippen LogP contribution in [0.4, 0.5) is 0 Å². The number of carbonyl (C=O) groups excluding carboxylic acids is 1. The molecule has 0 saturated carbocycles. The number of nitrogens with zero attached hydrogens (tertiary/aromatic N) is 1. The quantitative estimate of drug-likeness (QED) is 0.330. The number of allylic oxidation sites excluding steroid dienone is 4. The van der Waals surface area contributed by atoms with Crippen molar-refractivity contribution in [1.82, 2.24) is 5.32 Å². The fourth-order valence-corrected chi connectivity index (χ4v) is 5.71. The Morgan fingerprint density at radius 1 is 1.14 bits per heavy atom. The van der Waals surface area contributed by atoms with Gasteiger partial charge in [0.05, 0.1) is 0 Å². The molecule has 0 aliphatic heterocycles. The summed E-state index contributed by atoms with van der Waals surface area (Å²) in [5.41, 5.74) is 0.0271. The van der Waals surface area contributed by atoms with Crippen LogP contribution in [0.25, 0.3) is 6.08 Å². The van der Waals surface area contributed by atoms with E-state index in [1.165, 1.54) is 12.2 Å². The molecule has 0 saturated heterocycles. The summed E-state index contributed by atoms with van der Waals surface area (Å²) in [5.74, 6) is -0.585. The number of nitriles is 1. The Balaban J connectivity index is 2.57. The molecule has 1 aromatic rings. The van der Waals surface area contributed by atoms with Crippen LogP contribution in [0.5, 0.6) is 0 Å². The number of nitrogens with one attached hydrogen (secondary N) is 1. The Hall–Kier alpha value is -2.43. The van der Waals surface area contributed by atoms with Crippen molar-refractivity contribution in [3.05, 3.63) is 59.3 Å². The SMILES string of the molecule is CC(=O)NC1=CC=C(C=Cc2ccc(SC#N)cc2)C(S(=O)(=O)O)(S(=O)(=O)O)C1. The Morgan fingerprint density at radius 3 is 2.21 bits per heavy atom. The van der Waals surface area contributed by atoms with E-state index in [1.807, 2.05) is 5.40 Å². The molecule has 0 fully saturated rings. The van der Waals surface area contributed by atoms with Crippen molar-refractivity contribution in [2.45, 2.75) is 22.3 Å². The fourth-order valence-electron chi connectivity index (χ4n) is 2.72. The molecule has 3 N–H and O–H groups in total. The minimum Gasteiger partial charge on any atom is -0.330 e. The van der Waals surface area contributed by atoms with Gasteiger partial charge in [0, 0.05) is 23.9 Å². The van der Waals surface area contributed by atoms with Gasteiger partial charge in [0.15, 0.2) is 0 Å². The van der Waals surface area contributed by atoms with E-state index in [0.717, 1.165) is 30.8 Å². The molecule has 1 aliphatic carbocycles. The van der Waals surface area contributed by atoms with Crippen LogP contribution >= 0.6 is 11.8 Å². The average molecular weight is 457 g/mol. The maximum atomic E-state index is 12.1. The third kappa shape index (κ3) is 4.95. The highest BCUT2D eigenvalue weighted by molar-refractivity contribution is 8.05. The summed E-state index contributed by atoms with van der Waals surface area (Å²) >= 11 is 0.945. The summed E-state index contributed by atoms with van der Waals surface area (Å²) in [4.78, 5) is 11.9. The highest BCUT2D eigenvalue weighted by Crippen LogP contribution is 2.41. The molecule has 0 heterocycles. The molecular formula is C17H16N2O7S3. The second-order valence-electron chi connectivity index (χ2n) is 5.97. The van der Waals surface area contributed by atoms with Crippen molar-refractivity contribution in [2.24, 2.45) is 0 Å².